The van der Waals surface area contributed by atoms with E-state index in [-0.39, 0.29) is 80.1 Å². The first kappa shape index (κ1) is 41.4. The van der Waals surface area contributed by atoms with E-state index in [1.807, 2.05) is 19.1 Å². The van der Waals surface area contributed by atoms with Crippen molar-refractivity contribution in [2.24, 2.45) is 0 Å². The Balaban J connectivity index is -0.00000000800. The van der Waals surface area contributed by atoms with E-state index in [2.05, 4.69) is 6.58 Å². The summed E-state index contributed by atoms with van der Waals surface area (Å²) < 4.78 is 0. The van der Waals surface area contributed by atoms with Gasteiger partial charge >= 0.3 is 21.7 Å². The number of rotatable bonds is 1. The SMILES string of the molecule is C=CC=CC.[Br-].[Br-].[Br-].[CH3-].[Ti+4]. The Hall–Kier alpha value is 1.63. The van der Waals surface area contributed by atoms with Gasteiger partial charge in [0.15, 0.2) is 0 Å². The maximum Gasteiger partial charge on any atom is 4.00 e. The maximum atomic E-state index is 3.46. The second kappa shape index (κ2) is 46.0. The van der Waals surface area contributed by atoms with Gasteiger partial charge < -0.3 is 58.4 Å². The van der Waals surface area contributed by atoms with Crippen molar-refractivity contribution in [3.05, 3.63) is 32.2 Å². The van der Waals surface area contributed by atoms with Crippen LogP contribution < -0.4 is 50.9 Å². The first-order valence-corrected chi connectivity index (χ1v) is 1.65. The molecule has 0 rings (SSSR count). The third-order valence-electron chi connectivity index (χ3n) is 0.329. The summed E-state index contributed by atoms with van der Waals surface area (Å²) in [6, 6.07) is 0. The van der Waals surface area contributed by atoms with Crippen LogP contribution in [0.1, 0.15) is 6.92 Å². The molecule has 0 aliphatic carbocycles. The van der Waals surface area contributed by atoms with Gasteiger partial charge in [0.1, 0.15) is 0 Å². The Kier molecular flexibility index (Phi) is 190. The van der Waals surface area contributed by atoms with Crippen LogP contribution in [0, 0.1) is 7.43 Å². The Morgan fingerprint density at radius 3 is 1.40 bits per heavy atom. The summed E-state index contributed by atoms with van der Waals surface area (Å²) in [4.78, 5) is 0. The normalized spacial score (nSPS) is 4.50. The summed E-state index contributed by atoms with van der Waals surface area (Å²) in [5.74, 6) is 0. The van der Waals surface area contributed by atoms with E-state index in [0.717, 1.165) is 0 Å². The van der Waals surface area contributed by atoms with Gasteiger partial charge in [0.25, 0.3) is 0 Å². The van der Waals surface area contributed by atoms with Crippen LogP contribution in [0.3, 0.4) is 0 Å². The van der Waals surface area contributed by atoms with E-state index in [1.54, 1.807) is 6.08 Å². The standard InChI is InChI=1S/C5H8.CH3.3BrH.Ti/c1-3-5-4-2;;;;;/h3-5H,1H2,2H3;1H3;3*1H;/q;-1;;;;+4/p-3. The molecule has 4 heteroatoms. The van der Waals surface area contributed by atoms with Crippen molar-refractivity contribution in [1.82, 2.24) is 0 Å². The van der Waals surface area contributed by atoms with E-state index in [1.165, 1.54) is 0 Å². The molecule has 60 valence electrons. The van der Waals surface area contributed by atoms with Gasteiger partial charge in [-0.3, -0.25) is 0 Å². The van der Waals surface area contributed by atoms with E-state index in [9.17, 15) is 0 Å². The van der Waals surface area contributed by atoms with Crippen LogP contribution >= 0.6 is 0 Å². The monoisotopic (exact) mass is 368 g/mol. The number of hydrogen-bond donors (Lipinski definition) is 0. The number of allylic oxidation sites excluding steroid dienone is 3. The zero-order valence-corrected chi connectivity index (χ0v) is 12.4. The van der Waals surface area contributed by atoms with Crippen molar-refractivity contribution in [2.45, 2.75) is 6.92 Å². The molecular weight excluding hydrogens is 360 g/mol. The van der Waals surface area contributed by atoms with E-state index in [0.29, 0.717) is 0 Å². The molecular formula is C6H11Br3Ti. The van der Waals surface area contributed by atoms with Crippen LogP contribution in [0.2, 0.25) is 0 Å². The summed E-state index contributed by atoms with van der Waals surface area (Å²) in [6.45, 7) is 5.42. The third-order valence-corrected chi connectivity index (χ3v) is 0.329. The average molecular weight is 371 g/mol. The Morgan fingerprint density at radius 2 is 1.40 bits per heavy atom. The van der Waals surface area contributed by atoms with Crippen molar-refractivity contribution in [3.8, 4) is 0 Å². The third kappa shape index (κ3) is 54.4. The maximum absolute atomic E-state index is 3.46. The van der Waals surface area contributed by atoms with Gasteiger partial charge in [-0.2, -0.15) is 0 Å². The van der Waals surface area contributed by atoms with Gasteiger partial charge in [0.2, 0.25) is 0 Å². The van der Waals surface area contributed by atoms with Crippen LogP contribution in [0.15, 0.2) is 24.8 Å². The summed E-state index contributed by atoms with van der Waals surface area (Å²) in [7, 11) is 0. The molecule has 0 aromatic heterocycles. The van der Waals surface area contributed by atoms with Gasteiger partial charge in [-0.25, -0.2) is 0 Å². The molecule has 0 aromatic carbocycles. The minimum absolute atomic E-state index is 0. The van der Waals surface area contributed by atoms with Gasteiger partial charge in [-0.15, -0.1) is 0 Å². The molecule has 0 N–H and O–H groups in total. The van der Waals surface area contributed by atoms with Gasteiger partial charge in [-0.05, 0) is 6.92 Å². The number of hydrogen-bond acceptors (Lipinski definition) is 0. The van der Waals surface area contributed by atoms with Crippen LogP contribution in [-0.4, -0.2) is 0 Å². The quantitative estimate of drug-likeness (QED) is 0.245. The second-order valence-electron chi connectivity index (χ2n) is 0.761. The van der Waals surface area contributed by atoms with E-state index < -0.39 is 0 Å². The molecule has 0 saturated heterocycles. The van der Waals surface area contributed by atoms with Crippen molar-refractivity contribution in [3.63, 3.8) is 0 Å². The number of halogens is 3. The predicted molar refractivity (Wildman–Crippen MR) is 31.4 cm³/mol. The van der Waals surface area contributed by atoms with Gasteiger partial charge in [0.05, 0.1) is 0 Å². The van der Waals surface area contributed by atoms with Crippen molar-refractivity contribution in [2.75, 3.05) is 0 Å². The fourth-order valence-corrected chi connectivity index (χ4v) is 0.136. The molecule has 0 aromatic rings. The van der Waals surface area contributed by atoms with Gasteiger partial charge in [-0.1, -0.05) is 24.8 Å². The summed E-state index contributed by atoms with van der Waals surface area (Å²) >= 11 is 0. The van der Waals surface area contributed by atoms with E-state index in [4.69, 9.17) is 0 Å². The Labute approximate surface area is 111 Å². The van der Waals surface area contributed by atoms with Crippen LogP contribution in [0.25, 0.3) is 0 Å². The van der Waals surface area contributed by atoms with Crippen LogP contribution in [0.4, 0.5) is 0 Å². The van der Waals surface area contributed by atoms with Gasteiger partial charge in [0, 0.05) is 0 Å². The van der Waals surface area contributed by atoms with Crippen LogP contribution in [-0.2, 0) is 21.7 Å². The van der Waals surface area contributed by atoms with E-state index >= 15 is 0 Å². The molecule has 0 fully saturated rings. The molecule has 0 nitrogen and oxygen atoms in total. The second-order valence-corrected chi connectivity index (χ2v) is 0.761. The average Bonchev–Trinajstić information content (AvgIpc) is 1.41. The van der Waals surface area contributed by atoms with Crippen molar-refractivity contribution < 1.29 is 72.7 Å². The fourth-order valence-electron chi connectivity index (χ4n) is 0.136. The molecule has 0 unspecified atom stereocenters. The zero-order valence-electron chi connectivity index (χ0n) is 6.07. The zero-order chi connectivity index (χ0) is 4.12. The van der Waals surface area contributed by atoms with Crippen LogP contribution in [0.5, 0.6) is 0 Å². The molecule has 0 bridgehead atoms. The molecule has 0 aliphatic heterocycles. The largest absolute Gasteiger partial charge is 4.00 e. The minimum atomic E-state index is 0. The molecule has 10 heavy (non-hydrogen) atoms. The first-order chi connectivity index (χ1) is 2.41. The Bertz CT molecular complexity index is 55.0. The molecule has 0 atom stereocenters. The smallest absolute Gasteiger partial charge is 1.00 e. The molecule has 0 saturated carbocycles. The summed E-state index contributed by atoms with van der Waals surface area (Å²) in [6.07, 6.45) is 5.58. The predicted octanol–water partition coefficient (Wildman–Crippen LogP) is -6.79. The van der Waals surface area contributed by atoms with Crippen molar-refractivity contribution >= 4 is 0 Å². The summed E-state index contributed by atoms with van der Waals surface area (Å²) in [5, 5.41) is 0. The summed E-state index contributed by atoms with van der Waals surface area (Å²) in [5.41, 5.74) is 0. The molecule has 0 heterocycles. The molecule has 0 spiro atoms. The Morgan fingerprint density at radius 1 is 1.10 bits per heavy atom. The topological polar surface area (TPSA) is 0 Å². The molecule has 0 amide bonds. The molecule has 0 radical (unpaired) electrons. The first-order valence-electron chi connectivity index (χ1n) is 1.65. The minimum Gasteiger partial charge on any atom is -1.00 e. The molecule has 0 aliphatic rings. The fraction of sp³-hybridized carbons (Fsp3) is 0.167. The van der Waals surface area contributed by atoms with Crippen molar-refractivity contribution in [1.29, 1.82) is 0 Å².